The molecule has 0 saturated heterocycles. The maximum Gasteiger partial charge on any atom is 0.305 e. The van der Waals surface area contributed by atoms with Crippen LogP contribution in [0.1, 0.15) is 296 Å². The topological polar surface area (TPSA) is 95.9 Å². The molecule has 0 aromatic heterocycles. The van der Waals surface area contributed by atoms with Gasteiger partial charge in [-0.3, -0.25) is 9.59 Å². The standard InChI is InChI=1S/C58H109NO5/c1-3-5-7-9-11-13-15-17-23-27-30-34-38-42-46-50-56(61)55(54-60)59-57(62)51-47-43-39-35-31-28-24-21-19-18-20-22-25-29-33-37-41-45-49-53-64-58(63)52-48-44-40-36-32-26-16-14-12-10-8-6-4-2/h14,16,18-19,46,50,55-56,60-61H,3-13,15,17,20-45,47-49,51-54H2,1-2H3,(H,59,62)/b16-14-,19-18-,50-46+. The van der Waals surface area contributed by atoms with Crippen LogP contribution >= 0.6 is 0 Å². The molecule has 64 heavy (non-hydrogen) atoms. The number of aliphatic hydroxyl groups excluding tert-OH is 2. The number of carbonyl (C=O) groups excluding carboxylic acids is 2. The number of nitrogens with one attached hydrogen (secondary N) is 1. The number of hydrogen-bond donors (Lipinski definition) is 3. The molecule has 0 aromatic rings. The highest BCUT2D eigenvalue weighted by Gasteiger charge is 2.18. The molecule has 1 amide bonds. The summed E-state index contributed by atoms with van der Waals surface area (Å²) in [6.07, 6.45) is 65.8. The average Bonchev–Trinajstić information content (AvgIpc) is 3.29. The lowest BCUT2D eigenvalue weighted by molar-refractivity contribution is -0.143. The molecule has 6 nitrogen and oxygen atoms in total. The van der Waals surface area contributed by atoms with Crippen molar-refractivity contribution in [1.29, 1.82) is 0 Å². The molecule has 2 unspecified atom stereocenters. The molecule has 0 aliphatic rings. The van der Waals surface area contributed by atoms with Crippen molar-refractivity contribution in [2.75, 3.05) is 13.2 Å². The molecule has 0 aliphatic heterocycles. The molecule has 0 bridgehead atoms. The van der Waals surface area contributed by atoms with Gasteiger partial charge in [-0.05, 0) is 83.5 Å². The van der Waals surface area contributed by atoms with Crippen LogP contribution in [0, 0.1) is 0 Å². The van der Waals surface area contributed by atoms with E-state index in [9.17, 15) is 19.8 Å². The fourth-order valence-corrected chi connectivity index (χ4v) is 8.50. The largest absolute Gasteiger partial charge is 0.466 e. The molecule has 0 radical (unpaired) electrons. The van der Waals surface area contributed by atoms with Crippen LogP contribution in [0.3, 0.4) is 0 Å². The summed E-state index contributed by atoms with van der Waals surface area (Å²) in [6, 6.07) is -0.635. The van der Waals surface area contributed by atoms with E-state index in [1.54, 1.807) is 6.08 Å². The van der Waals surface area contributed by atoms with Gasteiger partial charge in [0.15, 0.2) is 0 Å². The van der Waals surface area contributed by atoms with Crippen LogP contribution < -0.4 is 5.32 Å². The predicted molar refractivity (Wildman–Crippen MR) is 278 cm³/mol. The lowest BCUT2D eigenvalue weighted by Gasteiger charge is -2.20. The number of esters is 1. The zero-order chi connectivity index (χ0) is 46.5. The van der Waals surface area contributed by atoms with E-state index in [1.807, 2.05) is 6.08 Å². The number of aliphatic hydroxyl groups is 2. The highest BCUT2D eigenvalue weighted by molar-refractivity contribution is 5.76. The van der Waals surface area contributed by atoms with Gasteiger partial charge in [0.2, 0.25) is 5.91 Å². The Morgan fingerprint density at radius 2 is 0.734 bits per heavy atom. The zero-order valence-corrected chi connectivity index (χ0v) is 42.8. The van der Waals surface area contributed by atoms with Crippen LogP contribution in [0.5, 0.6) is 0 Å². The van der Waals surface area contributed by atoms with Crippen molar-refractivity contribution < 1.29 is 24.5 Å². The maximum atomic E-state index is 12.4. The molecular formula is C58H109NO5. The van der Waals surface area contributed by atoms with Crippen molar-refractivity contribution in [3.8, 4) is 0 Å². The predicted octanol–water partition coefficient (Wildman–Crippen LogP) is 17.2. The van der Waals surface area contributed by atoms with Gasteiger partial charge in [-0.15, -0.1) is 0 Å². The van der Waals surface area contributed by atoms with E-state index in [1.165, 1.54) is 218 Å². The first-order valence-corrected chi connectivity index (χ1v) is 28.3. The van der Waals surface area contributed by atoms with Crippen molar-refractivity contribution in [3.05, 3.63) is 36.5 Å². The number of allylic oxidation sites excluding steroid dienone is 5. The fourth-order valence-electron chi connectivity index (χ4n) is 8.50. The van der Waals surface area contributed by atoms with Gasteiger partial charge in [0.1, 0.15) is 0 Å². The van der Waals surface area contributed by atoms with Crippen molar-refractivity contribution in [3.63, 3.8) is 0 Å². The van der Waals surface area contributed by atoms with Gasteiger partial charge in [0.05, 0.1) is 25.4 Å². The smallest absolute Gasteiger partial charge is 0.305 e. The summed E-state index contributed by atoms with van der Waals surface area (Å²) < 4.78 is 5.46. The minimum Gasteiger partial charge on any atom is -0.466 e. The van der Waals surface area contributed by atoms with Crippen LogP contribution in [0.25, 0.3) is 0 Å². The molecule has 6 heteroatoms. The minimum atomic E-state index is -0.850. The highest BCUT2D eigenvalue weighted by Crippen LogP contribution is 2.16. The van der Waals surface area contributed by atoms with Crippen molar-refractivity contribution >= 4 is 11.9 Å². The van der Waals surface area contributed by atoms with E-state index >= 15 is 0 Å². The first kappa shape index (κ1) is 62.1. The second-order valence-corrected chi connectivity index (χ2v) is 19.3. The molecular weight excluding hydrogens is 791 g/mol. The summed E-state index contributed by atoms with van der Waals surface area (Å²) in [5.41, 5.74) is 0. The maximum absolute atomic E-state index is 12.4. The van der Waals surface area contributed by atoms with E-state index in [2.05, 4.69) is 43.5 Å². The second kappa shape index (κ2) is 53.7. The molecule has 3 N–H and O–H groups in total. The van der Waals surface area contributed by atoms with Gasteiger partial charge >= 0.3 is 5.97 Å². The lowest BCUT2D eigenvalue weighted by atomic mass is 10.0. The molecule has 0 rings (SSSR count). The van der Waals surface area contributed by atoms with Crippen LogP contribution in [-0.4, -0.2) is 47.4 Å². The molecule has 0 spiro atoms. The lowest BCUT2D eigenvalue weighted by Crippen LogP contribution is -2.45. The van der Waals surface area contributed by atoms with E-state index in [0.29, 0.717) is 19.4 Å². The Morgan fingerprint density at radius 3 is 1.12 bits per heavy atom. The second-order valence-electron chi connectivity index (χ2n) is 19.3. The van der Waals surface area contributed by atoms with Crippen molar-refractivity contribution in [1.82, 2.24) is 5.32 Å². The van der Waals surface area contributed by atoms with Gasteiger partial charge in [0.25, 0.3) is 0 Å². The molecule has 0 saturated carbocycles. The average molecular weight is 901 g/mol. The molecule has 2 atom stereocenters. The first-order chi connectivity index (χ1) is 31.5. The van der Waals surface area contributed by atoms with Gasteiger partial charge in [-0.25, -0.2) is 0 Å². The number of rotatable bonds is 52. The summed E-state index contributed by atoms with van der Waals surface area (Å²) >= 11 is 0. The minimum absolute atomic E-state index is 0.00643. The number of ether oxygens (including phenoxy) is 1. The summed E-state index contributed by atoms with van der Waals surface area (Å²) in [6.45, 7) is 4.87. The van der Waals surface area contributed by atoms with Crippen LogP contribution in [0.15, 0.2) is 36.5 Å². The van der Waals surface area contributed by atoms with Crippen LogP contribution in [0.2, 0.25) is 0 Å². The monoisotopic (exact) mass is 900 g/mol. The molecule has 376 valence electrons. The molecule has 0 aliphatic carbocycles. The Kier molecular flexibility index (Phi) is 52.1. The number of unbranched alkanes of at least 4 members (excludes halogenated alkanes) is 37. The van der Waals surface area contributed by atoms with Gasteiger partial charge in [-0.1, -0.05) is 237 Å². The summed E-state index contributed by atoms with van der Waals surface area (Å²) in [7, 11) is 0. The summed E-state index contributed by atoms with van der Waals surface area (Å²) in [4.78, 5) is 24.5. The van der Waals surface area contributed by atoms with E-state index < -0.39 is 12.1 Å². The Balaban J connectivity index is 3.48. The van der Waals surface area contributed by atoms with Crippen LogP contribution in [0.4, 0.5) is 0 Å². The first-order valence-electron chi connectivity index (χ1n) is 28.3. The Labute approximate surface area is 398 Å². The summed E-state index contributed by atoms with van der Waals surface area (Å²) in [5, 5.41) is 23.1. The fraction of sp³-hybridized carbons (Fsp3) is 0.862. The van der Waals surface area contributed by atoms with Gasteiger partial charge in [0, 0.05) is 12.8 Å². The SMILES string of the molecule is CCCCCC/C=C\CCCCCCCC(=O)OCCCCCCCCCC/C=C\CCCCCCCCCC(=O)NC(CO)C(O)/C=C/CCCCCCCCCCCCCCC. The van der Waals surface area contributed by atoms with Crippen molar-refractivity contribution in [2.24, 2.45) is 0 Å². The molecule has 0 heterocycles. The third-order valence-corrected chi connectivity index (χ3v) is 12.9. The quantitative estimate of drug-likeness (QED) is 0.0321. The van der Waals surface area contributed by atoms with Crippen LogP contribution in [-0.2, 0) is 14.3 Å². The van der Waals surface area contributed by atoms with E-state index in [-0.39, 0.29) is 18.5 Å². The van der Waals surface area contributed by atoms with Gasteiger partial charge in [-0.2, -0.15) is 0 Å². The summed E-state index contributed by atoms with van der Waals surface area (Å²) in [5.74, 6) is -0.0839. The number of hydrogen-bond acceptors (Lipinski definition) is 5. The Morgan fingerprint density at radius 1 is 0.422 bits per heavy atom. The zero-order valence-electron chi connectivity index (χ0n) is 42.8. The normalized spacial score (nSPS) is 12.9. The van der Waals surface area contributed by atoms with E-state index in [4.69, 9.17) is 4.74 Å². The Bertz CT molecular complexity index is 1040. The van der Waals surface area contributed by atoms with Gasteiger partial charge < -0.3 is 20.3 Å². The Hall–Kier alpha value is -1.92. The third-order valence-electron chi connectivity index (χ3n) is 12.9. The third kappa shape index (κ3) is 49.5. The van der Waals surface area contributed by atoms with E-state index in [0.717, 1.165) is 51.4 Å². The molecule has 0 aromatic carbocycles. The number of carbonyl (C=O) groups is 2. The molecule has 0 fully saturated rings. The number of amides is 1. The highest BCUT2D eigenvalue weighted by atomic mass is 16.5. The van der Waals surface area contributed by atoms with Crippen molar-refractivity contribution in [2.45, 2.75) is 309 Å².